The van der Waals surface area contributed by atoms with Crippen LogP contribution in [0.15, 0.2) is 18.2 Å². The molecule has 0 amide bonds. The summed E-state index contributed by atoms with van der Waals surface area (Å²) >= 11 is 0. The van der Waals surface area contributed by atoms with Crippen molar-refractivity contribution in [2.75, 3.05) is 0 Å². The molecule has 0 aliphatic heterocycles. The van der Waals surface area contributed by atoms with Gasteiger partial charge in [-0.15, -0.1) is 0 Å². The summed E-state index contributed by atoms with van der Waals surface area (Å²) in [6, 6.07) is 6.67. The molecule has 2 fully saturated rings. The molecule has 0 unspecified atom stereocenters. The summed E-state index contributed by atoms with van der Waals surface area (Å²) in [6.07, 6.45) is 6.10. The summed E-state index contributed by atoms with van der Waals surface area (Å²) in [5, 5.41) is 0. The van der Waals surface area contributed by atoms with Crippen molar-refractivity contribution in [3.63, 3.8) is 0 Å². The zero-order chi connectivity index (χ0) is 13.7. The van der Waals surface area contributed by atoms with Crippen molar-refractivity contribution in [1.82, 2.24) is 9.55 Å². The molecule has 0 radical (unpaired) electrons. The average Bonchev–Trinajstić information content (AvgIpc) is 3.25. The first kappa shape index (κ1) is 12.1. The van der Waals surface area contributed by atoms with Crippen molar-refractivity contribution in [1.29, 1.82) is 0 Å². The Labute approximate surface area is 119 Å². The van der Waals surface area contributed by atoms with Crippen molar-refractivity contribution in [3.8, 4) is 0 Å². The van der Waals surface area contributed by atoms with Gasteiger partial charge in [0.15, 0.2) is 0 Å². The molecule has 0 bridgehead atoms. The highest BCUT2D eigenvalue weighted by atomic mass is 16.1. The number of aryl methyl sites for hydroxylation is 1. The number of hydrogen-bond acceptors (Lipinski definition) is 2. The van der Waals surface area contributed by atoms with Crippen LogP contribution in [0, 0.1) is 0 Å². The Morgan fingerprint density at radius 2 is 1.85 bits per heavy atom. The van der Waals surface area contributed by atoms with Gasteiger partial charge < -0.3 is 4.57 Å². The number of carbonyl (C=O) groups excluding carboxylic acids is 1. The molecular formula is C17H20N2O. The highest BCUT2D eigenvalue weighted by Crippen LogP contribution is 2.41. The van der Waals surface area contributed by atoms with E-state index in [2.05, 4.69) is 29.8 Å². The molecule has 1 heterocycles. The minimum Gasteiger partial charge on any atom is -0.331 e. The van der Waals surface area contributed by atoms with Crippen molar-refractivity contribution in [2.24, 2.45) is 7.05 Å². The van der Waals surface area contributed by atoms with E-state index >= 15 is 0 Å². The monoisotopic (exact) mass is 268 g/mol. The van der Waals surface area contributed by atoms with Crippen molar-refractivity contribution in [2.45, 2.75) is 50.4 Å². The van der Waals surface area contributed by atoms with Gasteiger partial charge in [-0.3, -0.25) is 4.79 Å². The van der Waals surface area contributed by atoms with Gasteiger partial charge in [0, 0.05) is 25.8 Å². The van der Waals surface area contributed by atoms with Gasteiger partial charge in [0.1, 0.15) is 11.6 Å². The van der Waals surface area contributed by atoms with Gasteiger partial charge in [-0.05, 0) is 49.3 Å². The third kappa shape index (κ3) is 1.96. The summed E-state index contributed by atoms with van der Waals surface area (Å²) < 4.78 is 2.27. The molecule has 0 spiro atoms. The lowest BCUT2D eigenvalue weighted by molar-refractivity contribution is -0.120. The molecule has 1 aromatic heterocycles. The molecule has 2 aromatic rings. The van der Waals surface area contributed by atoms with Crippen LogP contribution in [-0.2, 0) is 11.8 Å². The number of benzene rings is 1. The first-order valence-electron chi connectivity index (χ1n) is 7.70. The van der Waals surface area contributed by atoms with E-state index in [1.54, 1.807) is 0 Å². The molecule has 0 saturated heterocycles. The number of rotatable bonds is 2. The Morgan fingerprint density at radius 1 is 1.10 bits per heavy atom. The van der Waals surface area contributed by atoms with E-state index in [1.807, 2.05) is 0 Å². The maximum absolute atomic E-state index is 11.4. The molecule has 3 nitrogen and oxygen atoms in total. The first-order valence-corrected chi connectivity index (χ1v) is 7.70. The van der Waals surface area contributed by atoms with Gasteiger partial charge >= 0.3 is 0 Å². The van der Waals surface area contributed by atoms with Crippen LogP contribution in [0.25, 0.3) is 11.0 Å². The van der Waals surface area contributed by atoms with E-state index in [0.29, 0.717) is 17.6 Å². The molecule has 2 aliphatic carbocycles. The molecule has 104 valence electrons. The Balaban J connectivity index is 1.71. The molecular weight excluding hydrogens is 248 g/mol. The Kier molecular flexibility index (Phi) is 2.69. The molecule has 0 atom stereocenters. The van der Waals surface area contributed by atoms with Crippen LogP contribution in [0.4, 0.5) is 0 Å². The van der Waals surface area contributed by atoms with Crippen LogP contribution in [0.5, 0.6) is 0 Å². The number of ketones is 1. The van der Waals surface area contributed by atoms with Gasteiger partial charge in [0.25, 0.3) is 0 Å². The van der Waals surface area contributed by atoms with Gasteiger partial charge in [-0.25, -0.2) is 4.98 Å². The van der Waals surface area contributed by atoms with Crippen LogP contribution < -0.4 is 0 Å². The maximum Gasteiger partial charge on any atom is 0.132 e. The van der Waals surface area contributed by atoms with E-state index < -0.39 is 0 Å². The van der Waals surface area contributed by atoms with Gasteiger partial charge in [-0.1, -0.05) is 6.07 Å². The number of imidazole rings is 1. The molecule has 2 aliphatic rings. The maximum atomic E-state index is 11.4. The number of aromatic nitrogens is 2. The molecule has 0 N–H and O–H groups in total. The highest BCUT2D eigenvalue weighted by Gasteiger charge is 2.29. The predicted octanol–water partition coefficient (Wildman–Crippen LogP) is 3.68. The second-order valence-corrected chi connectivity index (χ2v) is 6.36. The topological polar surface area (TPSA) is 34.9 Å². The minimum atomic E-state index is 0.430. The number of hydrogen-bond donors (Lipinski definition) is 0. The molecule has 4 rings (SSSR count). The molecule has 2 saturated carbocycles. The molecule has 1 aromatic carbocycles. The van der Waals surface area contributed by atoms with E-state index in [-0.39, 0.29) is 0 Å². The van der Waals surface area contributed by atoms with E-state index in [9.17, 15) is 4.79 Å². The number of carbonyl (C=O) groups is 1. The number of fused-ring (bicyclic) bond motifs is 1. The van der Waals surface area contributed by atoms with Crippen LogP contribution in [0.3, 0.4) is 0 Å². The zero-order valence-electron chi connectivity index (χ0n) is 11.9. The summed E-state index contributed by atoms with van der Waals surface area (Å²) in [5.41, 5.74) is 3.75. The van der Waals surface area contributed by atoms with Gasteiger partial charge in [-0.2, -0.15) is 0 Å². The second-order valence-electron chi connectivity index (χ2n) is 6.36. The highest BCUT2D eigenvalue weighted by molar-refractivity contribution is 5.80. The number of Topliss-reactive ketones (excluding diaryl/α,β-unsaturated/α-hetero) is 1. The Hall–Kier alpha value is -1.64. The Bertz CT molecular complexity index is 672. The SMILES string of the molecule is Cn1c(C2CC2)nc2ccc(C3CCC(=O)CC3)cc21. The van der Waals surface area contributed by atoms with Crippen LogP contribution in [0.1, 0.15) is 61.7 Å². The number of nitrogens with zero attached hydrogens (tertiary/aromatic N) is 2. The molecule has 3 heteroatoms. The quantitative estimate of drug-likeness (QED) is 0.832. The van der Waals surface area contributed by atoms with E-state index in [4.69, 9.17) is 4.98 Å². The van der Waals surface area contributed by atoms with Crippen molar-refractivity contribution in [3.05, 3.63) is 29.6 Å². The summed E-state index contributed by atoms with van der Waals surface area (Å²) in [5.74, 6) is 2.91. The third-order valence-electron chi connectivity index (χ3n) is 4.90. The summed E-state index contributed by atoms with van der Waals surface area (Å²) in [4.78, 5) is 16.2. The average molecular weight is 268 g/mol. The fourth-order valence-corrected chi connectivity index (χ4v) is 3.46. The lowest BCUT2D eigenvalue weighted by Gasteiger charge is -2.21. The van der Waals surface area contributed by atoms with E-state index in [0.717, 1.165) is 31.2 Å². The van der Waals surface area contributed by atoms with Gasteiger partial charge in [0.05, 0.1) is 11.0 Å². The van der Waals surface area contributed by atoms with E-state index in [1.165, 1.54) is 29.7 Å². The van der Waals surface area contributed by atoms with Crippen LogP contribution >= 0.6 is 0 Å². The van der Waals surface area contributed by atoms with Gasteiger partial charge in [0.2, 0.25) is 0 Å². The fourth-order valence-electron chi connectivity index (χ4n) is 3.46. The third-order valence-corrected chi connectivity index (χ3v) is 4.90. The fraction of sp³-hybridized carbons (Fsp3) is 0.529. The normalized spacial score (nSPS) is 20.8. The largest absolute Gasteiger partial charge is 0.331 e. The predicted molar refractivity (Wildman–Crippen MR) is 78.9 cm³/mol. The Morgan fingerprint density at radius 3 is 2.55 bits per heavy atom. The lowest BCUT2D eigenvalue weighted by atomic mass is 9.83. The van der Waals surface area contributed by atoms with Crippen molar-refractivity contribution < 1.29 is 4.79 Å². The lowest BCUT2D eigenvalue weighted by Crippen LogP contribution is -2.12. The molecule has 20 heavy (non-hydrogen) atoms. The smallest absolute Gasteiger partial charge is 0.132 e. The zero-order valence-corrected chi connectivity index (χ0v) is 11.9. The minimum absolute atomic E-state index is 0.430. The van der Waals surface area contributed by atoms with Crippen LogP contribution in [0.2, 0.25) is 0 Å². The first-order chi connectivity index (χ1) is 9.72. The summed E-state index contributed by atoms with van der Waals surface area (Å²) in [6.45, 7) is 0. The summed E-state index contributed by atoms with van der Waals surface area (Å²) in [7, 11) is 2.14. The van der Waals surface area contributed by atoms with Crippen molar-refractivity contribution >= 4 is 16.8 Å². The van der Waals surface area contributed by atoms with Crippen LogP contribution in [-0.4, -0.2) is 15.3 Å². The second kappa shape index (κ2) is 4.44. The standard InChI is InChI=1S/C17H20N2O/c1-19-16-10-13(11-4-7-14(20)8-5-11)6-9-15(16)18-17(19)12-2-3-12/h6,9-12H,2-5,7-8H2,1H3.